The summed E-state index contributed by atoms with van der Waals surface area (Å²) in [6, 6.07) is 0.607. The molecule has 1 fully saturated rings. The van der Waals surface area contributed by atoms with E-state index in [4.69, 9.17) is 0 Å². The quantitative estimate of drug-likeness (QED) is 0.740. The van der Waals surface area contributed by atoms with Gasteiger partial charge in [-0.25, -0.2) is 0 Å². The molecule has 0 spiro atoms. The summed E-state index contributed by atoms with van der Waals surface area (Å²) >= 11 is 0. The van der Waals surface area contributed by atoms with Crippen molar-refractivity contribution in [2.24, 2.45) is 5.92 Å². The first-order chi connectivity index (χ1) is 6.69. The maximum atomic E-state index is 11.8. The van der Waals surface area contributed by atoms with E-state index in [0.29, 0.717) is 11.9 Å². The van der Waals surface area contributed by atoms with Gasteiger partial charge in [-0.3, -0.25) is 4.79 Å². The number of hydrogen-bond acceptors (Lipinski definition) is 2. The van der Waals surface area contributed by atoms with Crippen LogP contribution in [0.5, 0.6) is 0 Å². The third kappa shape index (κ3) is 2.71. The van der Waals surface area contributed by atoms with Gasteiger partial charge in [0.25, 0.3) is 0 Å². The summed E-state index contributed by atoms with van der Waals surface area (Å²) in [5, 5.41) is 3.27. The summed E-state index contributed by atoms with van der Waals surface area (Å²) in [7, 11) is 2.00. The summed E-state index contributed by atoms with van der Waals surface area (Å²) in [5.41, 5.74) is 0. The Balaban J connectivity index is 2.37. The number of nitrogens with zero attached hydrogens (tertiary/aromatic N) is 1. The minimum absolute atomic E-state index is 0.195. The van der Waals surface area contributed by atoms with Crippen molar-refractivity contribution in [3.05, 3.63) is 0 Å². The summed E-state index contributed by atoms with van der Waals surface area (Å²) in [4.78, 5) is 13.8. The number of likely N-dealkylation sites (tertiary alicyclic amines) is 1. The van der Waals surface area contributed by atoms with Gasteiger partial charge in [0.1, 0.15) is 0 Å². The highest BCUT2D eigenvalue weighted by Gasteiger charge is 2.24. The van der Waals surface area contributed by atoms with Crippen LogP contribution in [0.15, 0.2) is 0 Å². The molecule has 3 nitrogen and oxygen atoms in total. The molecule has 1 aliphatic rings. The van der Waals surface area contributed by atoms with Crippen LogP contribution in [0.3, 0.4) is 0 Å². The molecule has 82 valence electrons. The van der Waals surface area contributed by atoms with Crippen molar-refractivity contribution >= 4 is 5.91 Å². The SMILES string of the molecule is CCC(C)C(=O)N1CCC(NC)CC1. The van der Waals surface area contributed by atoms with Gasteiger partial charge < -0.3 is 10.2 Å². The van der Waals surface area contributed by atoms with Gasteiger partial charge in [0, 0.05) is 25.0 Å². The minimum atomic E-state index is 0.195. The molecular weight excluding hydrogens is 176 g/mol. The highest BCUT2D eigenvalue weighted by atomic mass is 16.2. The first kappa shape index (κ1) is 11.5. The van der Waals surface area contributed by atoms with Gasteiger partial charge >= 0.3 is 0 Å². The van der Waals surface area contributed by atoms with Crippen molar-refractivity contribution in [3.63, 3.8) is 0 Å². The zero-order valence-corrected chi connectivity index (χ0v) is 9.55. The Bertz CT molecular complexity index is 186. The van der Waals surface area contributed by atoms with E-state index in [9.17, 15) is 4.79 Å². The molecule has 0 aromatic rings. The first-order valence-electron chi connectivity index (χ1n) is 5.65. The number of piperidine rings is 1. The molecule has 0 aliphatic carbocycles. The number of hydrogen-bond donors (Lipinski definition) is 1. The molecule has 0 aromatic heterocycles. The summed E-state index contributed by atoms with van der Waals surface area (Å²) in [5.74, 6) is 0.531. The fourth-order valence-electron chi connectivity index (χ4n) is 1.87. The van der Waals surface area contributed by atoms with Crippen molar-refractivity contribution in [2.75, 3.05) is 20.1 Å². The largest absolute Gasteiger partial charge is 0.342 e. The zero-order valence-electron chi connectivity index (χ0n) is 9.55. The van der Waals surface area contributed by atoms with Crippen molar-refractivity contribution in [2.45, 2.75) is 39.2 Å². The van der Waals surface area contributed by atoms with Crippen molar-refractivity contribution < 1.29 is 4.79 Å². The molecule has 3 heteroatoms. The van der Waals surface area contributed by atoms with Crippen LogP contribution in [-0.2, 0) is 4.79 Å². The maximum absolute atomic E-state index is 11.8. The predicted molar refractivity (Wildman–Crippen MR) is 58.1 cm³/mol. The van der Waals surface area contributed by atoms with Crippen LogP contribution in [0, 0.1) is 5.92 Å². The van der Waals surface area contributed by atoms with Gasteiger partial charge in [0.05, 0.1) is 0 Å². The second kappa shape index (κ2) is 5.35. The van der Waals surface area contributed by atoms with Crippen LogP contribution in [0.4, 0.5) is 0 Å². The van der Waals surface area contributed by atoms with Crippen molar-refractivity contribution in [3.8, 4) is 0 Å². The van der Waals surface area contributed by atoms with Gasteiger partial charge in [-0.15, -0.1) is 0 Å². The second-order valence-corrected chi connectivity index (χ2v) is 4.20. The van der Waals surface area contributed by atoms with E-state index < -0.39 is 0 Å². The molecule has 1 amide bonds. The van der Waals surface area contributed by atoms with Crippen LogP contribution in [0.25, 0.3) is 0 Å². The van der Waals surface area contributed by atoms with Crippen LogP contribution < -0.4 is 5.32 Å². The van der Waals surface area contributed by atoms with E-state index in [1.807, 2.05) is 18.9 Å². The molecule has 0 bridgehead atoms. The molecule has 14 heavy (non-hydrogen) atoms. The van der Waals surface area contributed by atoms with Gasteiger partial charge in [-0.1, -0.05) is 13.8 Å². The summed E-state index contributed by atoms with van der Waals surface area (Å²) in [6.07, 6.45) is 3.14. The lowest BCUT2D eigenvalue weighted by molar-refractivity contribution is -0.136. The molecule has 0 radical (unpaired) electrons. The molecule has 1 unspecified atom stereocenters. The van der Waals surface area contributed by atoms with E-state index in [2.05, 4.69) is 12.2 Å². The lowest BCUT2D eigenvalue weighted by Crippen LogP contribution is -2.45. The number of rotatable bonds is 3. The maximum Gasteiger partial charge on any atom is 0.225 e. The molecule has 1 atom stereocenters. The lowest BCUT2D eigenvalue weighted by Gasteiger charge is -2.33. The second-order valence-electron chi connectivity index (χ2n) is 4.20. The molecule has 0 aromatic carbocycles. The van der Waals surface area contributed by atoms with E-state index in [-0.39, 0.29) is 5.92 Å². The van der Waals surface area contributed by atoms with Gasteiger partial charge in [-0.05, 0) is 26.3 Å². The first-order valence-corrected chi connectivity index (χ1v) is 5.65. The summed E-state index contributed by atoms with van der Waals surface area (Å²) < 4.78 is 0. The van der Waals surface area contributed by atoms with Crippen LogP contribution in [0.1, 0.15) is 33.1 Å². The van der Waals surface area contributed by atoms with Crippen LogP contribution in [-0.4, -0.2) is 37.0 Å². The van der Waals surface area contributed by atoms with E-state index in [1.165, 1.54) is 0 Å². The molecule has 1 aliphatic heterocycles. The molecule has 1 heterocycles. The standard InChI is InChI=1S/C11H22N2O/c1-4-9(2)11(14)13-7-5-10(12-3)6-8-13/h9-10,12H,4-8H2,1-3H3. The Morgan fingerprint density at radius 1 is 1.50 bits per heavy atom. The Labute approximate surface area is 86.9 Å². The molecule has 1 rings (SSSR count). The Morgan fingerprint density at radius 2 is 2.07 bits per heavy atom. The average molecular weight is 198 g/mol. The van der Waals surface area contributed by atoms with Gasteiger partial charge in [-0.2, -0.15) is 0 Å². The van der Waals surface area contributed by atoms with E-state index >= 15 is 0 Å². The Hall–Kier alpha value is -0.570. The Morgan fingerprint density at radius 3 is 2.50 bits per heavy atom. The fourth-order valence-corrected chi connectivity index (χ4v) is 1.87. The zero-order chi connectivity index (χ0) is 10.6. The van der Waals surface area contributed by atoms with E-state index in [1.54, 1.807) is 0 Å². The fraction of sp³-hybridized carbons (Fsp3) is 0.909. The number of carbonyl (C=O) groups excluding carboxylic acids is 1. The minimum Gasteiger partial charge on any atom is -0.342 e. The average Bonchev–Trinajstić information content (AvgIpc) is 2.27. The molecular formula is C11H22N2O. The lowest BCUT2D eigenvalue weighted by atomic mass is 10.0. The molecule has 1 saturated heterocycles. The highest BCUT2D eigenvalue weighted by molar-refractivity contribution is 5.78. The van der Waals surface area contributed by atoms with Crippen molar-refractivity contribution in [1.29, 1.82) is 0 Å². The summed E-state index contributed by atoms with van der Waals surface area (Å²) in [6.45, 7) is 5.94. The molecule has 0 saturated carbocycles. The number of carbonyl (C=O) groups is 1. The predicted octanol–water partition coefficient (Wildman–Crippen LogP) is 1.24. The van der Waals surface area contributed by atoms with Crippen LogP contribution in [0.2, 0.25) is 0 Å². The number of amides is 1. The smallest absolute Gasteiger partial charge is 0.225 e. The van der Waals surface area contributed by atoms with Crippen LogP contribution >= 0.6 is 0 Å². The van der Waals surface area contributed by atoms with Crippen molar-refractivity contribution in [1.82, 2.24) is 10.2 Å². The third-order valence-corrected chi connectivity index (χ3v) is 3.25. The highest BCUT2D eigenvalue weighted by Crippen LogP contribution is 2.14. The van der Waals surface area contributed by atoms with E-state index in [0.717, 1.165) is 32.4 Å². The number of nitrogens with one attached hydrogen (secondary N) is 1. The van der Waals surface area contributed by atoms with Gasteiger partial charge in [0.2, 0.25) is 5.91 Å². The normalized spacial score (nSPS) is 20.9. The monoisotopic (exact) mass is 198 g/mol. The topological polar surface area (TPSA) is 32.3 Å². The Kier molecular flexibility index (Phi) is 4.39. The molecule has 1 N–H and O–H groups in total. The third-order valence-electron chi connectivity index (χ3n) is 3.25. The van der Waals surface area contributed by atoms with Gasteiger partial charge in [0.15, 0.2) is 0 Å².